The summed E-state index contributed by atoms with van der Waals surface area (Å²) in [6, 6.07) is 10.1. The van der Waals surface area contributed by atoms with Gasteiger partial charge in [0.1, 0.15) is 10.1 Å². The smallest absolute Gasteiger partial charge is 0.266 e. The second-order valence-corrected chi connectivity index (χ2v) is 7.85. The van der Waals surface area contributed by atoms with Crippen LogP contribution in [-0.2, 0) is 4.79 Å². The van der Waals surface area contributed by atoms with E-state index >= 15 is 0 Å². The van der Waals surface area contributed by atoms with Gasteiger partial charge in [0, 0.05) is 23.6 Å². The molecule has 4 nitrogen and oxygen atoms in total. The average molecular weight is 399 g/mol. The molecule has 27 heavy (non-hydrogen) atoms. The topological polar surface area (TPSA) is 34.5 Å². The molecule has 0 N–H and O–H groups in total. The fourth-order valence-electron chi connectivity index (χ4n) is 3.12. The molecule has 1 saturated heterocycles. The molecule has 1 aromatic heterocycles. The van der Waals surface area contributed by atoms with E-state index in [1.165, 1.54) is 11.8 Å². The van der Waals surface area contributed by atoms with Crippen LogP contribution in [0.4, 0.5) is 0 Å². The summed E-state index contributed by atoms with van der Waals surface area (Å²) in [5.41, 5.74) is 4.25. The molecule has 6 heteroatoms. The molecule has 3 rings (SSSR count). The Balaban J connectivity index is 1.93. The third-order valence-corrected chi connectivity index (χ3v) is 5.73. The molecule has 1 aliphatic heterocycles. The molecule has 0 spiro atoms. The summed E-state index contributed by atoms with van der Waals surface area (Å²) < 4.78 is 8.27. The maximum atomic E-state index is 12.6. The number of carbonyl (C=O) groups excluding carboxylic acids is 1. The van der Waals surface area contributed by atoms with Gasteiger partial charge in [-0.15, -0.1) is 6.58 Å². The summed E-state index contributed by atoms with van der Waals surface area (Å²) in [6.07, 6.45) is 3.61. The van der Waals surface area contributed by atoms with Gasteiger partial charge in [0.25, 0.3) is 5.91 Å². The van der Waals surface area contributed by atoms with Crippen molar-refractivity contribution in [2.45, 2.75) is 20.8 Å². The predicted molar refractivity (Wildman–Crippen MR) is 116 cm³/mol. The van der Waals surface area contributed by atoms with Crippen LogP contribution < -0.4 is 4.74 Å². The Bertz CT molecular complexity index is 926. The van der Waals surface area contributed by atoms with E-state index in [9.17, 15) is 4.79 Å². The van der Waals surface area contributed by atoms with Crippen molar-refractivity contribution in [2.75, 3.05) is 13.2 Å². The lowest BCUT2D eigenvalue weighted by molar-refractivity contribution is -0.121. The number of hydrogen-bond acceptors (Lipinski definition) is 4. The SMILES string of the molecule is C=CCN1C(=O)/C(=C/c2cc(C)n(-c3ccc(OCC)cc3)c2C)SC1=S. The average Bonchev–Trinajstić information content (AvgIpc) is 3.07. The second-order valence-electron chi connectivity index (χ2n) is 6.17. The monoisotopic (exact) mass is 398 g/mol. The Labute approximate surface area is 169 Å². The number of nitrogens with zero attached hydrogens (tertiary/aromatic N) is 2. The summed E-state index contributed by atoms with van der Waals surface area (Å²) >= 11 is 6.65. The minimum atomic E-state index is -0.0595. The number of carbonyl (C=O) groups is 1. The van der Waals surface area contributed by atoms with E-state index in [0.29, 0.717) is 22.4 Å². The highest BCUT2D eigenvalue weighted by Gasteiger charge is 2.31. The molecule has 0 unspecified atom stereocenters. The summed E-state index contributed by atoms with van der Waals surface area (Å²) in [5, 5.41) is 0. The van der Waals surface area contributed by atoms with Gasteiger partial charge < -0.3 is 9.30 Å². The van der Waals surface area contributed by atoms with Crippen molar-refractivity contribution in [2.24, 2.45) is 0 Å². The number of amides is 1. The lowest BCUT2D eigenvalue weighted by Gasteiger charge is -2.11. The third-order valence-electron chi connectivity index (χ3n) is 4.35. The van der Waals surface area contributed by atoms with Gasteiger partial charge in [-0.1, -0.05) is 30.1 Å². The van der Waals surface area contributed by atoms with Crippen molar-refractivity contribution in [3.63, 3.8) is 0 Å². The summed E-state index contributed by atoms with van der Waals surface area (Å²) in [7, 11) is 0. The van der Waals surface area contributed by atoms with Gasteiger partial charge in [0.2, 0.25) is 0 Å². The Morgan fingerprint density at radius 1 is 1.26 bits per heavy atom. The fourth-order valence-corrected chi connectivity index (χ4v) is 4.38. The maximum Gasteiger partial charge on any atom is 0.266 e. The molecule has 140 valence electrons. The minimum Gasteiger partial charge on any atom is -0.494 e. The van der Waals surface area contributed by atoms with Gasteiger partial charge >= 0.3 is 0 Å². The molecule has 0 atom stereocenters. The van der Waals surface area contributed by atoms with Crippen LogP contribution in [0, 0.1) is 13.8 Å². The van der Waals surface area contributed by atoms with E-state index in [4.69, 9.17) is 17.0 Å². The lowest BCUT2D eigenvalue weighted by Crippen LogP contribution is -2.27. The quantitative estimate of drug-likeness (QED) is 0.395. The van der Waals surface area contributed by atoms with E-state index in [1.54, 1.807) is 11.0 Å². The van der Waals surface area contributed by atoms with E-state index < -0.39 is 0 Å². The molecule has 1 aromatic carbocycles. The van der Waals surface area contributed by atoms with Crippen LogP contribution in [0.1, 0.15) is 23.9 Å². The third kappa shape index (κ3) is 3.87. The number of hydrogen-bond donors (Lipinski definition) is 0. The minimum absolute atomic E-state index is 0.0595. The van der Waals surface area contributed by atoms with Crippen LogP contribution in [0.2, 0.25) is 0 Å². The summed E-state index contributed by atoms with van der Waals surface area (Å²) in [6.45, 7) is 10.9. The van der Waals surface area contributed by atoms with Gasteiger partial charge in [-0.3, -0.25) is 9.69 Å². The summed E-state index contributed by atoms with van der Waals surface area (Å²) in [4.78, 5) is 14.8. The van der Waals surface area contributed by atoms with Crippen molar-refractivity contribution in [1.82, 2.24) is 9.47 Å². The Kier molecular flexibility index (Phi) is 5.87. The highest BCUT2D eigenvalue weighted by Crippen LogP contribution is 2.34. The number of aromatic nitrogens is 1. The Hall–Kier alpha value is -2.31. The van der Waals surface area contributed by atoms with Gasteiger partial charge in [0.15, 0.2) is 0 Å². The zero-order chi connectivity index (χ0) is 19.6. The van der Waals surface area contributed by atoms with E-state index in [1.807, 2.05) is 37.3 Å². The molecular formula is C21H22N2O2S2. The largest absolute Gasteiger partial charge is 0.494 e. The first kappa shape index (κ1) is 19.5. The number of rotatable bonds is 6. The molecule has 1 fully saturated rings. The standard InChI is InChI=1S/C21H22N2O2S2/c1-5-11-22-20(24)19(27-21(22)26)13-16-12-14(3)23(15(16)4)17-7-9-18(10-8-17)25-6-2/h5,7-10,12-13H,1,6,11H2,2-4H3/b19-13-. The van der Waals surface area contributed by atoms with Gasteiger partial charge in [-0.2, -0.15) is 0 Å². The summed E-state index contributed by atoms with van der Waals surface area (Å²) in [5.74, 6) is 0.797. The zero-order valence-corrected chi connectivity index (χ0v) is 17.3. The number of benzene rings is 1. The first-order chi connectivity index (χ1) is 13.0. The second kappa shape index (κ2) is 8.15. The number of ether oxygens (including phenoxy) is 1. The first-order valence-corrected chi connectivity index (χ1v) is 9.97. The predicted octanol–water partition coefficient (Wildman–Crippen LogP) is 4.88. The lowest BCUT2D eigenvalue weighted by atomic mass is 10.2. The maximum absolute atomic E-state index is 12.6. The van der Waals surface area contributed by atoms with Crippen molar-refractivity contribution >= 4 is 40.3 Å². The molecule has 0 bridgehead atoms. The van der Waals surface area contributed by atoms with Gasteiger partial charge in [-0.05, 0) is 62.7 Å². The van der Waals surface area contributed by atoms with Crippen LogP contribution in [0.5, 0.6) is 5.75 Å². The number of thioether (sulfide) groups is 1. The first-order valence-electron chi connectivity index (χ1n) is 8.74. The van der Waals surface area contributed by atoms with Crippen molar-refractivity contribution in [3.8, 4) is 11.4 Å². The number of thiocarbonyl (C=S) groups is 1. The van der Waals surface area contributed by atoms with E-state index in [0.717, 1.165) is 28.4 Å². The molecular weight excluding hydrogens is 376 g/mol. The number of aryl methyl sites for hydroxylation is 1. The van der Waals surface area contributed by atoms with Crippen LogP contribution >= 0.6 is 24.0 Å². The van der Waals surface area contributed by atoms with Gasteiger partial charge in [0.05, 0.1) is 11.5 Å². The normalized spacial score (nSPS) is 15.7. The van der Waals surface area contributed by atoms with E-state index in [2.05, 4.69) is 31.1 Å². The molecule has 1 amide bonds. The Morgan fingerprint density at radius 2 is 1.96 bits per heavy atom. The molecule has 0 aliphatic carbocycles. The Morgan fingerprint density at radius 3 is 2.59 bits per heavy atom. The van der Waals surface area contributed by atoms with Crippen LogP contribution in [0.25, 0.3) is 11.8 Å². The van der Waals surface area contributed by atoms with Gasteiger partial charge in [-0.25, -0.2) is 0 Å². The fraction of sp³-hybridized carbons (Fsp3) is 0.238. The molecule has 0 radical (unpaired) electrons. The van der Waals surface area contributed by atoms with Crippen molar-refractivity contribution in [3.05, 3.63) is 64.8 Å². The highest BCUT2D eigenvalue weighted by molar-refractivity contribution is 8.26. The molecule has 0 saturated carbocycles. The van der Waals surface area contributed by atoms with Crippen molar-refractivity contribution in [1.29, 1.82) is 0 Å². The van der Waals surface area contributed by atoms with Crippen LogP contribution in [0.15, 0.2) is 47.9 Å². The molecule has 2 aromatic rings. The van der Waals surface area contributed by atoms with Crippen LogP contribution in [0.3, 0.4) is 0 Å². The van der Waals surface area contributed by atoms with Crippen LogP contribution in [-0.4, -0.2) is 32.8 Å². The molecule has 2 heterocycles. The molecule has 1 aliphatic rings. The van der Waals surface area contributed by atoms with E-state index in [-0.39, 0.29) is 5.91 Å². The van der Waals surface area contributed by atoms with Crippen molar-refractivity contribution < 1.29 is 9.53 Å². The highest BCUT2D eigenvalue weighted by atomic mass is 32.2. The zero-order valence-electron chi connectivity index (χ0n) is 15.7.